The van der Waals surface area contributed by atoms with Crippen LogP contribution in [-0.2, 0) is 0 Å². The van der Waals surface area contributed by atoms with Crippen LogP contribution in [0.25, 0.3) is 10.9 Å². The first kappa shape index (κ1) is 9.46. The first-order valence-corrected chi connectivity index (χ1v) is 5.14. The Labute approximate surface area is 90.7 Å². The van der Waals surface area contributed by atoms with Crippen LogP contribution >= 0.6 is 15.9 Å². The monoisotopic (exact) mass is 251 g/mol. The smallest absolute Gasteiger partial charge is 0.126 e. The molecule has 1 aromatic heterocycles. The van der Waals surface area contributed by atoms with Crippen molar-refractivity contribution < 1.29 is 5.11 Å². The molecule has 0 saturated heterocycles. The third-order valence-electron chi connectivity index (χ3n) is 2.22. The number of halogens is 1. The molecule has 2 aromatic rings. The lowest BCUT2D eigenvalue weighted by molar-refractivity contribution is 0.480. The number of pyridine rings is 1. The third-order valence-corrected chi connectivity index (χ3v) is 3.22. The molecule has 72 valence electrons. The Kier molecular flexibility index (Phi) is 2.19. The normalized spacial score (nSPS) is 10.8. The van der Waals surface area contributed by atoms with Crippen molar-refractivity contribution in [2.45, 2.75) is 13.8 Å². The predicted molar refractivity (Wildman–Crippen MR) is 60.6 cm³/mol. The van der Waals surface area contributed by atoms with E-state index in [0.29, 0.717) is 0 Å². The van der Waals surface area contributed by atoms with Crippen molar-refractivity contribution in [3.63, 3.8) is 0 Å². The summed E-state index contributed by atoms with van der Waals surface area (Å²) in [6, 6.07) is 5.52. The van der Waals surface area contributed by atoms with E-state index in [2.05, 4.69) is 20.9 Å². The minimum atomic E-state index is 0.285. The van der Waals surface area contributed by atoms with Crippen LogP contribution < -0.4 is 0 Å². The van der Waals surface area contributed by atoms with E-state index in [9.17, 15) is 5.11 Å². The van der Waals surface area contributed by atoms with Gasteiger partial charge in [-0.2, -0.15) is 0 Å². The van der Waals surface area contributed by atoms with E-state index in [1.807, 2.05) is 26.0 Å². The van der Waals surface area contributed by atoms with Crippen molar-refractivity contribution in [1.29, 1.82) is 0 Å². The Morgan fingerprint density at radius 1 is 1.29 bits per heavy atom. The van der Waals surface area contributed by atoms with Crippen LogP contribution in [0.5, 0.6) is 5.75 Å². The molecule has 1 heterocycles. The van der Waals surface area contributed by atoms with Gasteiger partial charge in [0.25, 0.3) is 0 Å². The molecule has 14 heavy (non-hydrogen) atoms. The highest BCUT2D eigenvalue weighted by Gasteiger charge is 2.07. The Hall–Kier alpha value is -1.09. The Bertz CT molecular complexity index is 508. The molecule has 0 fully saturated rings. The summed E-state index contributed by atoms with van der Waals surface area (Å²) in [6.45, 7) is 3.87. The quantitative estimate of drug-likeness (QED) is 0.780. The van der Waals surface area contributed by atoms with Crippen molar-refractivity contribution in [2.75, 3.05) is 0 Å². The van der Waals surface area contributed by atoms with E-state index in [1.54, 1.807) is 6.07 Å². The topological polar surface area (TPSA) is 33.1 Å². The SMILES string of the molecule is Cc1cc(O)c2ccc(C)c(Br)c2n1. The molecule has 0 unspecified atom stereocenters. The predicted octanol–water partition coefficient (Wildman–Crippen LogP) is 3.32. The number of fused-ring (bicyclic) bond motifs is 1. The van der Waals surface area contributed by atoms with Crippen LogP contribution in [0.1, 0.15) is 11.3 Å². The van der Waals surface area contributed by atoms with Crippen molar-refractivity contribution in [1.82, 2.24) is 4.98 Å². The maximum Gasteiger partial charge on any atom is 0.126 e. The molecule has 0 atom stereocenters. The van der Waals surface area contributed by atoms with E-state index >= 15 is 0 Å². The molecular weight excluding hydrogens is 242 g/mol. The molecule has 0 amide bonds. The number of benzene rings is 1. The molecule has 2 rings (SSSR count). The molecule has 0 saturated carbocycles. The van der Waals surface area contributed by atoms with E-state index in [1.165, 1.54) is 0 Å². The van der Waals surface area contributed by atoms with E-state index < -0.39 is 0 Å². The van der Waals surface area contributed by atoms with Gasteiger partial charge in [-0.3, -0.25) is 4.98 Å². The summed E-state index contributed by atoms with van der Waals surface area (Å²) in [7, 11) is 0. The minimum absolute atomic E-state index is 0.285. The fraction of sp³-hybridized carbons (Fsp3) is 0.182. The fourth-order valence-electron chi connectivity index (χ4n) is 1.47. The zero-order chi connectivity index (χ0) is 10.3. The van der Waals surface area contributed by atoms with Crippen LogP contribution in [0.2, 0.25) is 0 Å². The average Bonchev–Trinajstić information content (AvgIpc) is 2.12. The maximum absolute atomic E-state index is 9.71. The molecule has 0 aliphatic rings. The second-order valence-corrected chi connectivity index (χ2v) is 4.17. The summed E-state index contributed by atoms with van der Waals surface area (Å²) in [5, 5.41) is 10.5. The van der Waals surface area contributed by atoms with Crippen molar-refractivity contribution in [3.8, 4) is 5.75 Å². The number of nitrogens with zero attached hydrogens (tertiary/aromatic N) is 1. The summed E-state index contributed by atoms with van der Waals surface area (Å²) < 4.78 is 0.953. The highest BCUT2D eigenvalue weighted by molar-refractivity contribution is 9.10. The summed E-state index contributed by atoms with van der Waals surface area (Å²) in [4.78, 5) is 4.39. The van der Waals surface area contributed by atoms with Crippen LogP contribution in [0.15, 0.2) is 22.7 Å². The summed E-state index contributed by atoms with van der Waals surface area (Å²) >= 11 is 3.48. The zero-order valence-electron chi connectivity index (χ0n) is 8.00. The highest BCUT2D eigenvalue weighted by atomic mass is 79.9. The molecule has 0 spiro atoms. The highest BCUT2D eigenvalue weighted by Crippen LogP contribution is 2.31. The largest absolute Gasteiger partial charge is 0.507 e. The van der Waals surface area contributed by atoms with Gasteiger partial charge in [-0.25, -0.2) is 0 Å². The molecule has 1 N–H and O–H groups in total. The lowest BCUT2D eigenvalue weighted by Gasteiger charge is -2.06. The Balaban J connectivity index is 2.95. The molecule has 0 bridgehead atoms. The van der Waals surface area contributed by atoms with Gasteiger partial charge in [-0.15, -0.1) is 0 Å². The molecule has 0 radical (unpaired) electrons. The molecular formula is C11H10BrNO. The van der Waals surface area contributed by atoms with Gasteiger partial charge in [-0.05, 0) is 41.4 Å². The lowest BCUT2D eigenvalue weighted by atomic mass is 10.1. The maximum atomic E-state index is 9.71. The molecule has 0 aliphatic heterocycles. The van der Waals surface area contributed by atoms with Crippen LogP contribution in [0.4, 0.5) is 0 Å². The summed E-state index contributed by atoms with van der Waals surface area (Å²) in [5.74, 6) is 0.285. The summed E-state index contributed by atoms with van der Waals surface area (Å²) in [6.07, 6.45) is 0. The van der Waals surface area contributed by atoms with Crippen LogP contribution in [-0.4, -0.2) is 10.1 Å². The van der Waals surface area contributed by atoms with E-state index in [0.717, 1.165) is 26.6 Å². The number of aryl methyl sites for hydroxylation is 2. The van der Waals surface area contributed by atoms with Gasteiger partial charge in [0.05, 0.1) is 5.52 Å². The van der Waals surface area contributed by atoms with Gasteiger partial charge in [-0.1, -0.05) is 6.07 Å². The third kappa shape index (κ3) is 1.38. The number of rotatable bonds is 0. The zero-order valence-corrected chi connectivity index (χ0v) is 9.59. The van der Waals surface area contributed by atoms with Crippen molar-refractivity contribution >= 4 is 26.8 Å². The minimum Gasteiger partial charge on any atom is -0.507 e. The standard InChI is InChI=1S/C11H10BrNO/c1-6-3-4-8-9(14)5-7(2)13-11(8)10(6)12/h3-5H,1-2H3,(H,13,14). The van der Waals surface area contributed by atoms with E-state index in [-0.39, 0.29) is 5.75 Å². The Morgan fingerprint density at radius 3 is 2.71 bits per heavy atom. The molecule has 2 nitrogen and oxygen atoms in total. The number of aromatic nitrogens is 1. The average molecular weight is 252 g/mol. The lowest BCUT2D eigenvalue weighted by Crippen LogP contribution is -1.87. The van der Waals surface area contributed by atoms with Gasteiger partial charge < -0.3 is 5.11 Å². The second-order valence-electron chi connectivity index (χ2n) is 3.38. The fourth-order valence-corrected chi connectivity index (χ4v) is 1.90. The second kappa shape index (κ2) is 3.24. The molecule has 0 aliphatic carbocycles. The van der Waals surface area contributed by atoms with Gasteiger partial charge in [0, 0.05) is 21.6 Å². The number of hydrogen-bond donors (Lipinski definition) is 1. The van der Waals surface area contributed by atoms with Crippen LogP contribution in [0, 0.1) is 13.8 Å². The number of hydrogen-bond acceptors (Lipinski definition) is 2. The van der Waals surface area contributed by atoms with Gasteiger partial charge in [0.15, 0.2) is 0 Å². The van der Waals surface area contributed by atoms with Gasteiger partial charge in [0.2, 0.25) is 0 Å². The first-order valence-electron chi connectivity index (χ1n) is 4.35. The van der Waals surface area contributed by atoms with Crippen molar-refractivity contribution in [3.05, 3.63) is 33.9 Å². The summed E-state index contributed by atoms with van der Waals surface area (Å²) in [5.41, 5.74) is 2.76. The molecule has 1 aromatic carbocycles. The van der Waals surface area contributed by atoms with Crippen LogP contribution in [0.3, 0.4) is 0 Å². The van der Waals surface area contributed by atoms with Gasteiger partial charge >= 0.3 is 0 Å². The Morgan fingerprint density at radius 2 is 2.00 bits per heavy atom. The van der Waals surface area contributed by atoms with E-state index in [4.69, 9.17) is 0 Å². The molecule has 3 heteroatoms. The number of aromatic hydroxyl groups is 1. The van der Waals surface area contributed by atoms with Crippen molar-refractivity contribution in [2.24, 2.45) is 0 Å². The van der Waals surface area contributed by atoms with Gasteiger partial charge in [0.1, 0.15) is 5.75 Å². The first-order chi connectivity index (χ1) is 6.59.